The second-order valence-corrected chi connectivity index (χ2v) is 1.52. The number of alkyl halides is 2. The number of hydrogen-bond acceptors (Lipinski definition) is 2. The number of halogens is 2. The van der Waals surface area contributed by atoms with Gasteiger partial charge in [0.05, 0.1) is 6.04 Å². The van der Waals surface area contributed by atoms with E-state index in [9.17, 15) is 8.78 Å². The van der Waals surface area contributed by atoms with Crippen LogP contribution in [0.5, 0.6) is 0 Å². The molecule has 0 aromatic heterocycles. The Morgan fingerprint density at radius 1 is 1.67 bits per heavy atom. The number of terminal acetylenes is 1. The van der Waals surface area contributed by atoms with Crippen molar-refractivity contribution in [2.24, 2.45) is 5.84 Å². The molecule has 0 aromatic rings. The molecule has 0 aliphatic rings. The standard InChI is InChI=1S/C5H8F2N2/c1-2-3-4(9-8)5(6)7/h1,4-5,9H,3,8H2. The highest BCUT2D eigenvalue weighted by atomic mass is 19.3. The fourth-order valence-electron chi connectivity index (χ4n) is 0.348. The van der Waals surface area contributed by atoms with E-state index >= 15 is 0 Å². The molecule has 0 saturated carbocycles. The molecule has 0 aromatic carbocycles. The zero-order chi connectivity index (χ0) is 7.28. The Morgan fingerprint density at radius 2 is 2.22 bits per heavy atom. The Kier molecular flexibility index (Phi) is 3.93. The van der Waals surface area contributed by atoms with Gasteiger partial charge in [-0.3, -0.25) is 11.3 Å². The van der Waals surface area contributed by atoms with Gasteiger partial charge in [-0.25, -0.2) is 8.78 Å². The molecular weight excluding hydrogens is 126 g/mol. The van der Waals surface area contributed by atoms with Crippen molar-refractivity contribution in [2.75, 3.05) is 0 Å². The summed E-state index contributed by atoms with van der Waals surface area (Å²) < 4.78 is 23.3. The van der Waals surface area contributed by atoms with Crippen molar-refractivity contribution in [3.8, 4) is 12.3 Å². The maximum atomic E-state index is 11.6. The Labute approximate surface area is 52.4 Å². The summed E-state index contributed by atoms with van der Waals surface area (Å²) >= 11 is 0. The van der Waals surface area contributed by atoms with Crippen molar-refractivity contribution in [3.63, 3.8) is 0 Å². The Balaban J connectivity index is 3.57. The monoisotopic (exact) mass is 134 g/mol. The molecule has 0 bridgehead atoms. The van der Waals surface area contributed by atoms with E-state index in [1.807, 2.05) is 5.43 Å². The predicted octanol–water partition coefficient (Wildman–Crippen LogP) is 0.107. The van der Waals surface area contributed by atoms with Crippen LogP contribution in [0.25, 0.3) is 0 Å². The van der Waals surface area contributed by atoms with Gasteiger partial charge in [-0.05, 0) is 0 Å². The van der Waals surface area contributed by atoms with Gasteiger partial charge in [0.1, 0.15) is 0 Å². The summed E-state index contributed by atoms with van der Waals surface area (Å²) in [5, 5.41) is 0. The first kappa shape index (κ1) is 8.34. The van der Waals surface area contributed by atoms with Crippen LogP contribution in [0.1, 0.15) is 6.42 Å². The van der Waals surface area contributed by atoms with Gasteiger partial charge < -0.3 is 0 Å². The predicted molar refractivity (Wildman–Crippen MR) is 30.6 cm³/mol. The van der Waals surface area contributed by atoms with Crippen LogP contribution in [-0.2, 0) is 0 Å². The molecule has 0 aliphatic heterocycles. The largest absolute Gasteiger partial charge is 0.271 e. The minimum atomic E-state index is -2.49. The lowest BCUT2D eigenvalue weighted by Gasteiger charge is -2.09. The molecule has 0 saturated heterocycles. The van der Waals surface area contributed by atoms with Crippen LogP contribution < -0.4 is 11.3 Å². The van der Waals surface area contributed by atoms with Gasteiger partial charge in [0, 0.05) is 6.42 Å². The summed E-state index contributed by atoms with van der Waals surface area (Å²) in [7, 11) is 0. The maximum Gasteiger partial charge on any atom is 0.255 e. The van der Waals surface area contributed by atoms with Gasteiger partial charge in [-0.1, -0.05) is 0 Å². The summed E-state index contributed by atoms with van der Waals surface area (Å²) in [6, 6.07) is -1.07. The second-order valence-electron chi connectivity index (χ2n) is 1.52. The quantitative estimate of drug-likeness (QED) is 0.326. The van der Waals surface area contributed by atoms with Crippen LogP contribution in [0.4, 0.5) is 8.78 Å². The number of rotatable bonds is 3. The Hall–Kier alpha value is -0.660. The average Bonchev–Trinajstić information content (AvgIpc) is 1.82. The van der Waals surface area contributed by atoms with Crippen LogP contribution in [0.3, 0.4) is 0 Å². The van der Waals surface area contributed by atoms with E-state index < -0.39 is 12.5 Å². The molecular formula is C5H8F2N2. The first-order valence-corrected chi connectivity index (χ1v) is 2.40. The van der Waals surface area contributed by atoms with E-state index in [1.165, 1.54) is 0 Å². The van der Waals surface area contributed by atoms with Crippen LogP contribution in [0.15, 0.2) is 0 Å². The van der Waals surface area contributed by atoms with Crippen molar-refractivity contribution >= 4 is 0 Å². The summed E-state index contributed by atoms with van der Waals surface area (Å²) in [6.07, 6.45) is 2.22. The Morgan fingerprint density at radius 3 is 2.33 bits per heavy atom. The molecule has 1 atom stereocenters. The van der Waals surface area contributed by atoms with Crippen molar-refractivity contribution in [1.29, 1.82) is 0 Å². The van der Waals surface area contributed by atoms with Crippen LogP contribution >= 0.6 is 0 Å². The molecule has 1 unspecified atom stereocenters. The van der Waals surface area contributed by atoms with E-state index in [2.05, 4.69) is 5.92 Å². The summed E-state index contributed by atoms with van der Waals surface area (Å²) in [5.41, 5.74) is 1.91. The van der Waals surface area contributed by atoms with Gasteiger partial charge >= 0.3 is 0 Å². The molecule has 0 radical (unpaired) electrons. The fraction of sp³-hybridized carbons (Fsp3) is 0.600. The molecule has 0 aliphatic carbocycles. The third-order valence-corrected chi connectivity index (χ3v) is 0.856. The topological polar surface area (TPSA) is 38.0 Å². The summed E-state index contributed by atoms with van der Waals surface area (Å²) in [5.74, 6) is 6.81. The third kappa shape index (κ3) is 3.01. The van der Waals surface area contributed by atoms with Gasteiger partial charge in [0.25, 0.3) is 6.43 Å². The molecule has 3 N–H and O–H groups in total. The lowest BCUT2D eigenvalue weighted by molar-refractivity contribution is 0.101. The van der Waals surface area contributed by atoms with Crippen LogP contribution in [-0.4, -0.2) is 12.5 Å². The minimum absolute atomic E-state index is 0.0475. The molecule has 2 nitrogen and oxygen atoms in total. The molecule has 52 valence electrons. The number of hydrogen-bond donors (Lipinski definition) is 2. The van der Waals surface area contributed by atoms with Crippen LogP contribution in [0, 0.1) is 12.3 Å². The fourth-order valence-corrected chi connectivity index (χ4v) is 0.348. The van der Waals surface area contributed by atoms with Gasteiger partial charge in [0.2, 0.25) is 0 Å². The summed E-state index contributed by atoms with van der Waals surface area (Å²) in [4.78, 5) is 0. The second kappa shape index (κ2) is 4.24. The third-order valence-electron chi connectivity index (χ3n) is 0.856. The number of nitrogens with one attached hydrogen (secondary N) is 1. The molecule has 4 heteroatoms. The number of hydrazine groups is 1. The highest BCUT2D eigenvalue weighted by Gasteiger charge is 2.16. The highest BCUT2D eigenvalue weighted by molar-refractivity contribution is 4.89. The maximum absolute atomic E-state index is 11.6. The molecule has 0 heterocycles. The van der Waals surface area contributed by atoms with E-state index in [-0.39, 0.29) is 6.42 Å². The first-order chi connectivity index (χ1) is 4.22. The zero-order valence-electron chi connectivity index (χ0n) is 4.77. The van der Waals surface area contributed by atoms with Gasteiger partial charge in [-0.2, -0.15) is 0 Å². The zero-order valence-corrected chi connectivity index (χ0v) is 4.77. The SMILES string of the molecule is C#CCC(NN)C(F)F. The first-order valence-electron chi connectivity index (χ1n) is 2.40. The van der Waals surface area contributed by atoms with Crippen molar-refractivity contribution in [2.45, 2.75) is 18.9 Å². The summed E-state index contributed by atoms with van der Waals surface area (Å²) in [6.45, 7) is 0. The van der Waals surface area contributed by atoms with E-state index in [0.717, 1.165) is 0 Å². The van der Waals surface area contributed by atoms with Crippen molar-refractivity contribution in [1.82, 2.24) is 5.43 Å². The number of nitrogens with two attached hydrogens (primary N) is 1. The Bertz CT molecular complexity index is 108. The molecule has 0 amide bonds. The molecule has 0 rings (SSSR count). The van der Waals surface area contributed by atoms with Gasteiger partial charge in [-0.15, -0.1) is 12.3 Å². The molecule has 9 heavy (non-hydrogen) atoms. The lowest BCUT2D eigenvalue weighted by Crippen LogP contribution is -2.40. The van der Waals surface area contributed by atoms with Gasteiger partial charge in [0.15, 0.2) is 0 Å². The van der Waals surface area contributed by atoms with E-state index in [0.29, 0.717) is 0 Å². The van der Waals surface area contributed by atoms with Crippen molar-refractivity contribution < 1.29 is 8.78 Å². The normalized spacial score (nSPS) is 13.2. The molecule has 0 spiro atoms. The van der Waals surface area contributed by atoms with E-state index in [4.69, 9.17) is 12.3 Å². The highest BCUT2D eigenvalue weighted by Crippen LogP contribution is 2.01. The van der Waals surface area contributed by atoms with Crippen LogP contribution in [0.2, 0.25) is 0 Å². The smallest absolute Gasteiger partial charge is 0.255 e. The molecule has 0 fully saturated rings. The average molecular weight is 134 g/mol. The van der Waals surface area contributed by atoms with Crippen molar-refractivity contribution in [3.05, 3.63) is 0 Å². The minimum Gasteiger partial charge on any atom is -0.271 e. The van der Waals surface area contributed by atoms with E-state index in [1.54, 1.807) is 0 Å². The lowest BCUT2D eigenvalue weighted by atomic mass is 10.2.